The topological polar surface area (TPSA) is 26.3 Å². The van der Waals surface area contributed by atoms with Gasteiger partial charge in [-0.25, -0.2) is 0 Å². The van der Waals surface area contributed by atoms with Crippen LogP contribution in [0.3, 0.4) is 0 Å². The van der Waals surface area contributed by atoms with E-state index in [-0.39, 0.29) is 12.1 Å². The molecular weight excluding hydrogens is 279 g/mol. The quantitative estimate of drug-likeness (QED) is 0.472. The fourth-order valence-corrected chi connectivity index (χ4v) is 3.64. The molecule has 1 aromatic carbocycles. The zero-order chi connectivity index (χ0) is 11.9. The van der Waals surface area contributed by atoms with Gasteiger partial charge in [-0.05, 0) is 0 Å². The van der Waals surface area contributed by atoms with Crippen LogP contribution in [0, 0.1) is 0 Å². The Morgan fingerprint density at radius 1 is 1.29 bits per heavy atom. The van der Waals surface area contributed by atoms with Crippen molar-refractivity contribution in [3.63, 3.8) is 0 Å². The van der Waals surface area contributed by atoms with E-state index in [1.807, 2.05) is 12.1 Å². The van der Waals surface area contributed by atoms with Crippen LogP contribution in [0.25, 0.3) is 0 Å². The van der Waals surface area contributed by atoms with Crippen molar-refractivity contribution in [1.82, 2.24) is 0 Å². The molecule has 3 heteroatoms. The van der Waals surface area contributed by atoms with E-state index in [4.69, 9.17) is 4.74 Å². The molecular formula is C14H16O2Se. The molecule has 0 radical (unpaired) electrons. The summed E-state index contributed by atoms with van der Waals surface area (Å²) in [5.41, 5.74) is 0. The van der Waals surface area contributed by atoms with Gasteiger partial charge in [-0.1, -0.05) is 0 Å². The van der Waals surface area contributed by atoms with Crippen LogP contribution in [0.2, 0.25) is 5.32 Å². The van der Waals surface area contributed by atoms with E-state index in [0.717, 1.165) is 19.3 Å². The van der Waals surface area contributed by atoms with Crippen molar-refractivity contribution in [2.75, 3.05) is 0 Å². The Bertz CT molecular complexity index is 386. The van der Waals surface area contributed by atoms with Crippen molar-refractivity contribution in [3.8, 4) is 0 Å². The first kappa shape index (κ1) is 12.4. The van der Waals surface area contributed by atoms with Crippen LogP contribution in [-0.4, -0.2) is 27.0 Å². The minimum atomic E-state index is -0.185. The summed E-state index contributed by atoms with van der Waals surface area (Å²) in [5, 5.41) is 1.22. The molecule has 0 amide bonds. The second kappa shape index (κ2) is 6.63. The second-order valence-electron chi connectivity index (χ2n) is 4.00. The number of carbonyl (C=O) groups is 1. The molecule has 1 unspecified atom stereocenters. The van der Waals surface area contributed by atoms with E-state index in [9.17, 15) is 4.79 Å². The standard InChI is InChI=1S/C14H16O2Se/c15-14-10-4-6-12(16-14)7-5-11-17-13-8-2-1-3-9-13/h1-4,8-10,12H,5-7,11H2. The number of esters is 1. The fraction of sp³-hybridized carbons (Fsp3) is 0.357. The summed E-state index contributed by atoms with van der Waals surface area (Å²) in [5.74, 6) is -0.185. The number of ether oxygens (including phenoxy) is 1. The van der Waals surface area contributed by atoms with Crippen molar-refractivity contribution in [3.05, 3.63) is 42.5 Å². The summed E-state index contributed by atoms with van der Waals surface area (Å²) in [7, 11) is 0. The molecule has 0 bridgehead atoms. The molecule has 0 spiro atoms. The summed E-state index contributed by atoms with van der Waals surface area (Å²) < 4.78 is 6.66. The van der Waals surface area contributed by atoms with Gasteiger partial charge < -0.3 is 0 Å². The molecule has 0 saturated carbocycles. The molecule has 17 heavy (non-hydrogen) atoms. The van der Waals surface area contributed by atoms with Crippen molar-refractivity contribution < 1.29 is 9.53 Å². The normalized spacial score (nSPS) is 19.1. The zero-order valence-electron chi connectivity index (χ0n) is 9.67. The van der Waals surface area contributed by atoms with Gasteiger partial charge in [0, 0.05) is 0 Å². The Hall–Kier alpha value is -1.05. The molecule has 0 saturated heterocycles. The van der Waals surface area contributed by atoms with Gasteiger partial charge in [-0.3, -0.25) is 0 Å². The number of rotatable bonds is 5. The van der Waals surface area contributed by atoms with E-state index in [2.05, 4.69) is 24.3 Å². The van der Waals surface area contributed by atoms with Crippen LogP contribution in [-0.2, 0) is 9.53 Å². The van der Waals surface area contributed by atoms with Gasteiger partial charge in [0.15, 0.2) is 0 Å². The van der Waals surface area contributed by atoms with Gasteiger partial charge in [0.1, 0.15) is 0 Å². The first-order chi connectivity index (χ1) is 8.34. The van der Waals surface area contributed by atoms with Crippen LogP contribution >= 0.6 is 0 Å². The van der Waals surface area contributed by atoms with Gasteiger partial charge >= 0.3 is 108 Å². The number of hydrogen-bond donors (Lipinski definition) is 0. The first-order valence-corrected chi connectivity index (χ1v) is 7.96. The summed E-state index contributed by atoms with van der Waals surface area (Å²) in [6, 6.07) is 10.6. The molecule has 90 valence electrons. The van der Waals surface area contributed by atoms with Crippen LogP contribution in [0.5, 0.6) is 0 Å². The van der Waals surface area contributed by atoms with E-state index in [1.54, 1.807) is 0 Å². The molecule has 1 heterocycles. The van der Waals surface area contributed by atoms with Crippen molar-refractivity contribution in [1.29, 1.82) is 0 Å². The van der Waals surface area contributed by atoms with Crippen molar-refractivity contribution in [2.24, 2.45) is 0 Å². The molecule has 1 aliphatic heterocycles. The summed E-state index contributed by atoms with van der Waals surface area (Å²) in [6.45, 7) is 0. The van der Waals surface area contributed by atoms with Crippen molar-refractivity contribution >= 4 is 25.4 Å². The van der Waals surface area contributed by atoms with E-state index >= 15 is 0 Å². The zero-order valence-corrected chi connectivity index (χ0v) is 11.4. The molecule has 2 rings (SSSR count). The summed E-state index contributed by atoms with van der Waals surface area (Å²) in [6.07, 6.45) is 6.55. The van der Waals surface area contributed by atoms with Gasteiger partial charge in [0.25, 0.3) is 0 Å². The number of benzene rings is 1. The first-order valence-electron chi connectivity index (χ1n) is 5.89. The molecule has 1 atom stereocenters. The van der Waals surface area contributed by atoms with E-state index in [1.165, 1.54) is 15.9 Å². The Morgan fingerprint density at radius 3 is 2.88 bits per heavy atom. The predicted octanol–water partition coefficient (Wildman–Crippen LogP) is 2.09. The Morgan fingerprint density at radius 2 is 2.12 bits per heavy atom. The van der Waals surface area contributed by atoms with Crippen LogP contribution in [0.15, 0.2) is 42.5 Å². The predicted molar refractivity (Wildman–Crippen MR) is 69.5 cm³/mol. The monoisotopic (exact) mass is 296 g/mol. The minimum absolute atomic E-state index is 0.110. The van der Waals surface area contributed by atoms with Crippen LogP contribution in [0.4, 0.5) is 0 Å². The molecule has 1 aromatic rings. The van der Waals surface area contributed by atoms with Gasteiger partial charge in [-0.2, -0.15) is 0 Å². The maximum atomic E-state index is 11.0. The van der Waals surface area contributed by atoms with Gasteiger partial charge in [-0.15, -0.1) is 0 Å². The van der Waals surface area contributed by atoms with E-state index < -0.39 is 0 Å². The van der Waals surface area contributed by atoms with Gasteiger partial charge in [0.2, 0.25) is 0 Å². The van der Waals surface area contributed by atoms with Crippen molar-refractivity contribution in [2.45, 2.75) is 30.7 Å². The Balaban J connectivity index is 1.64. The van der Waals surface area contributed by atoms with Crippen LogP contribution < -0.4 is 4.46 Å². The SMILES string of the molecule is O=C1C=CCC(CCC[Se]c2ccccc2)O1. The number of carbonyl (C=O) groups excluding carboxylic acids is 1. The molecule has 1 aliphatic rings. The molecule has 2 nitrogen and oxygen atoms in total. The molecule has 0 aromatic heterocycles. The Labute approximate surface area is 108 Å². The summed E-state index contributed by atoms with van der Waals surface area (Å²) in [4.78, 5) is 11.0. The molecule has 0 fully saturated rings. The average molecular weight is 295 g/mol. The molecule has 0 N–H and O–H groups in total. The number of hydrogen-bond acceptors (Lipinski definition) is 2. The fourth-order valence-electron chi connectivity index (χ4n) is 1.76. The van der Waals surface area contributed by atoms with E-state index in [0.29, 0.717) is 15.0 Å². The second-order valence-corrected chi connectivity index (χ2v) is 6.45. The third kappa shape index (κ3) is 4.37. The number of cyclic esters (lactones) is 1. The van der Waals surface area contributed by atoms with Gasteiger partial charge in [0.05, 0.1) is 0 Å². The maximum absolute atomic E-state index is 11.0. The average Bonchev–Trinajstić information content (AvgIpc) is 2.36. The van der Waals surface area contributed by atoms with Crippen LogP contribution in [0.1, 0.15) is 19.3 Å². The third-order valence-electron chi connectivity index (χ3n) is 2.62. The summed E-state index contributed by atoms with van der Waals surface area (Å²) >= 11 is 0.551. The molecule has 0 aliphatic carbocycles. The third-order valence-corrected chi connectivity index (χ3v) is 4.92. The Kier molecular flexibility index (Phi) is 4.84.